The van der Waals surface area contributed by atoms with Crippen molar-refractivity contribution >= 4 is 17.7 Å². The van der Waals surface area contributed by atoms with Crippen molar-refractivity contribution in [2.45, 2.75) is 45.2 Å². The molecule has 0 atom stereocenters. The second kappa shape index (κ2) is 9.15. The molecule has 6 nitrogen and oxygen atoms in total. The van der Waals surface area contributed by atoms with Crippen LogP contribution in [0.2, 0.25) is 0 Å². The van der Waals surface area contributed by atoms with Crippen LogP contribution in [0.5, 0.6) is 0 Å². The van der Waals surface area contributed by atoms with Gasteiger partial charge >= 0.3 is 0 Å². The number of hydrogen-bond donors (Lipinski definition) is 2. The number of anilines is 2. The van der Waals surface area contributed by atoms with Crippen molar-refractivity contribution in [3.8, 4) is 0 Å². The number of carbonyl (C=O) groups excluding carboxylic acids is 1. The number of benzene rings is 1. The molecule has 1 heterocycles. The summed E-state index contributed by atoms with van der Waals surface area (Å²) in [6, 6.07) is 5.38. The zero-order valence-corrected chi connectivity index (χ0v) is 17.0. The van der Waals surface area contributed by atoms with Gasteiger partial charge in [-0.15, -0.1) is 0 Å². The third-order valence-corrected chi connectivity index (χ3v) is 5.19. The maximum absolute atomic E-state index is 13.7. The number of aryl methyl sites for hydroxylation is 1. The van der Waals surface area contributed by atoms with E-state index in [4.69, 9.17) is 0 Å². The highest BCUT2D eigenvalue weighted by atomic mass is 19.1. The van der Waals surface area contributed by atoms with Crippen molar-refractivity contribution < 1.29 is 13.6 Å². The number of amides is 1. The van der Waals surface area contributed by atoms with E-state index < -0.39 is 11.6 Å². The molecule has 0 bridgehead atoms. The van der Waals surface area contributed by atoms with Gasteiger partial charge in [0.1, 0.15) is 17.5 Å². The Bertz CT molecular complexity index is 866. The summed E-state index contributed by atoms with van der Waals surface area (Å²) in [5.74, 6) is 0.169. The van der Waals surface area contributed by atoms with E-state index in [0.29, 0.717) is 5.95 Å². The molecule has 0 unspecified atom stereocenters. The third-order valence-electron chi connectivity index (χ3n) is 5.19. The average Bonchev–Trinajstić information content (AvgIpc) is 2.68. The fourth-order valence-electron chi connectivity index (χ4n) is 3.53. The number of aromatic nitrogens is 2. The topological polar surface area (TPSA) is 70.2 Å². The smallest absolute Gasteiger partial charge is 0.225 e. The normalized spacial score (nSPS) is 18.9. The van der Waals surface area contributed by atoms with Gasteiger partial charge in [-0.1, -0.05) is 0 Å². The van der Waals surface area contributed by atoms with Crippen molar-refractivity contribution in [1.82, 2.24) is 15.3 Å². The van der Waals surface area contributed by atoms with Crippen LogP contribution < -0.4 is 15.5 Å². The Hall–Kier alpha value is -2.77. The Morgan fingerprint density at radius 3 is 2.55 bits per heavy atom. The first-order chi connectivity index (χ1) is 13.8. The predicted octanol–water partition coefficient (Wildman–Crippen LogP) is 3.42. The summed E-state index contributed by atoms with van der Waals surface area (Å²) in [5, 5.41) is 6.11. The number of nitrogens with one attached hydrogen (secondary N) is 2. The molecule has 8 heteroatoms. The molecule has 1 aliphatic rings. The van der Waals surface area contributed by atoms with E-state index in [1.165, 1.54) is 0 Å². The molecule has 3 rings (SSSR count). The van der Waals surface area contributed by atoms with E-state index in [2.05, 4.69) is 20.6 Å². The molecule has 156 valence electrons. The maximum Gasteiger partial charge on any atom is 0.225 e. The van der Waals surface area contributed by atoms with Crippen LogP contribution in [0.1, 0.15) is 36.9 Å². The second-order valence-electron chi connectivity index (χ2n) is 7.73. The van der Waals surface area contributed by atoms with Gasteiger partial charge < -0.3 is 15.5 Å². The van der Waals surface area contributed by atoms with Crippen LogP contribution in [0, 0.1) is 24.5 Å². The van der Waals surface area contributed by atoms with Gasteiger partial charge in [0.15, 0.2) is 0 Å². The summed E-state index contributed by atoms with van der Waals surface area (Å²) in [4.78, 5) is 23.3. The number of halogens is 2. The average molecular weight is 403 g/mol. The van der Waals surface area contributed by atoms with Gasteiger partial charge in [0.05, 0.1) is 0 Å². The van der Waals surface area contributed by atoms with Gasteiger partial charge in [-0.05, 0) is 50.8 Å². The largest absolute Gasteiger partial charge is 0.363 e. The van der Waals surface area contributed by atoms with Crippen LogP contribution in [-0.4, -0.2) is 36.0 Å². The van der Waals surface area contributed by atoms with Gasteiger partial charge in [-0.25, -0.2) is 13.8 Å². The first-order valence-corrected chi connectivity index (χ1v) is 9.83. The summed E-state index contributed by atoms with van der Waals surface area (Å²) in [5.41, 5.74) is 1.05. The molecule has 2 N–H and O–H groups in total. The molecule has 0 saturated heterocycles. The van der Waals surface area contributed by atoms with Crippen LogP contribution in [-0.2, 0) is 11.3 Å². The highest BCUT2D eigenvalue weighted by Crippen LogP contribution is 2.27. The first-order valence-electron chi connectivity index (χ1n) is 9.83. The molecular weight excluding hydrogens is 376 g/mol. The van der Waals surface area contributed by atoms with Crippen molar-refractivity contribution in [3.63, 3.8) is 0 Å². The lowest BCUT2D eigenvalue weighted by atomic mass is 9.85. The maximum atomic E-state index is 13.7. The van der Waals surface area contributed by atoms with Crippen molar-refractivity contribution in [2.75, 3.05) is 24.3 Å². The summed E-state index contributed by atoms with van der Waals surface area (Å²) in [6.07, 6.45) is 3.09. The minimum Gasteiger partial charge on any atom is -0.363 e. The van der Waals surface area contributed by atoms with E-state index in [-0.39, 0.29) is 30.0 Å². The van der Waals surface area contributed by atoms with Crippen LogP contribution in [0.25, 0.3) is 0 Å². The molecule has 0 aliphatic heterocycles. The Morgan fingerprint density at radius 2 is 1.86 bits per heavy atom. The van der Waals surface area contributed by atoms with Crippen LogP contribution >= 0.6 is 0 Å². The lowest BCUT2D eigenvalue weighted by Gasteiger charge is -2.28. The Labute approximate surface area is 169 Å². The standard InChI is InChI=1S/C21H27F2N5O/c1-13-10-19(28(2)3)27-21(25-13)26-17-7-4-14(5-8-17)20(29)24-12-15-11-16(22)6-9-18(15)23/h6,9-11,14,17H,4-5,7-8,12H2,1-3H3,(H,24,29)(H,25,26,27). The van der Waals surface area contributed by atoms with E-state index >= 15 is 0 Å². The summed E-state index contributed by atoms with van der Waals surface area (Å²) in [6.45, 7) is 1.92. The molecule has 29 heavy (non-hydrogen) atoms. The number of nitrogens with zero attached hydrogens (tertiary/aromatic N) is 3. The fourth-order valence-corrected chi connectivity index (χ4v) is 3.53. The van der Waals surface area contributed by atoms with Crippen molar-refractivity contribution in [3.05, 3.63) is 47.2 Å². The quantitative estimate of drug-likeness (QED) is 0.774. The molecule has 1 fully saturated rings. The highest BCUT2D eigenvalue weighted by molar-refractivity contribution is 5.78. The van der Waals surface area contributed by atoms with E-state index in [9.17, 15) is 13.6 Å². The predicted molar refractivity (Wildman–Crippen MR) is 109 cm³/mol. The van der Waals surface area contributed by atoms with Gasteiger partial charge in [-0.3, -0.25) is 4.79 Å². The summed E-state index contributed by atoms with van der Waals surface area (Å²) < 4.78 is 26.9. The molecule has 0 radical (unpaired) electrons. The van der Waals surface area contributed by atoms with Crippen LogP contribution in [0.4, 0.5) is 20.5 Å². The monoisotopic (exact) mass is 403 g/mol. The highest BCUT2D eigenvalue weighted by Gasteiger charge is 2.26. The molecular formula is C21H27F2N5O. The lowest BCUT2D eigenvalue weighted by Crippen LogP contribution is -2.36. The zero-order valence-electron chi connectivity index (χ0n) is 17.0. The molecule has 1 saturated carbocycles. The summed E-state index contributed by atoms with van der Waals surface area (Å²) >= 11 is 0. The Balaban J connectivity index is 1.50. The molecule has 1 aromatic heterocycles. The van der Waals surface area contributed by atoms with E-state index in [0.717, 1.165) is 55.4 Å². The van der Waals surface area contributed by atoms with Gasteiger partial charge in [0.2, 0.25) is 11.9 Å². The third kappa shape index (κ3) is 5.62. The van der Waals surface area contributed by atoms with Crippen LogP contribution in [0.15, 0.2) is 24.3 Å². The van der Waals surface area contributed by atoms with Crippen LogP contribution in [0.3, 0.4) is 0 Å². The number of carbonyl (C=O) groups is 1. The SMILES string of the molecule is Cc1cc(N(C)C)nc(NC2CCC(C(=O)NCc3cc(F)ccc3F)CC2)n1. The Kier molecular flexibility index (Phi) is 6.61. The first kappa shape index (κ1) is 21.0. The van der Waals surface area contributed by atoms with Crippen molar-refractivity contribution in [1.29, 1.82) is 0 Å². The van der Waals surface area contributed by atoms with E-state index in [1.807, 2.05) is 32.0 Å². The Morgan fingerprint density at radius 1 is 1.14 bits per heavy atom. The van der Waals surface area contributed by atoms with Gasteiger partial charge in [0, 0.05) is 49.9 Å². The minimum atomic E-state index is -0.519. The summed E-state index contributed by atoms with van der Waals surface area (Å²) in [7, 11) is 3.87. The van der Waals surface area contributed by atoms with Crippen molar-refractivity contribution in [2.24, 2.45) is 5.92 Å². The molecule has 2 aromatic rings. The zero-order chi connectivity index (χ0) is 21.0. The van der Waals surface area contributed by atoms with Gasteiger partial charge in [-0.2, -0.15) is 4.98 Å². The number of rotatable bonds is 6. The van der Waals surface area contributed by atoms with Gasteiger partial charge in [0.25, 0.3) is 0 Å². The molecule has 1 aliphatic carbocycles. The van der Waals surface area contributed by atoms with E-state index in [1.54, 1.807) is 0 Å². The molecule has 0 spiro atoms. The second-order valence-corrected chi connectivity index (χ2v) is 7.73. The lowest BCUT2D eigenvalue weighted by molar-refractivity contribution is -0.126. The number of hydrogen-bond acceptors (Lipinski definition) is 5. The molecule has 1 aromatic carbocycles. The fraction of sp³-hybridized carbons (Fsp3) is 0.476. The minimum absolute atomic E-state index is 0.00888. The molecule has 1 amide bonds.